The van der Waals surface area contributed by atoms with Gasteiger partial charge >= 0.3 is 5.97 Å². The van der Waals surface area contributed by atoms with Gasteiger partial charge in [-0.05, 0) is 24.1 Å². The molecule has 0 spiro atoms. The van der Waals surface area contributed by atoms with Crippen LogP contribution in [0.4, 0.5) is 0 Å². The van der Waals surface area contributed by atoms with Gasteiger partial charge < -0.3 is 19.5 Å². The maximum Gasteiger partial charge on any atom is 0.305 e. The predicted molar refractivity (Wildman–Crippen MR) is 98.9 cm³/mol. The van der Waals surface area contributed by atoms with Crippen LogP contribution < -0.4 is 9.47 Å². The number of amides is 1. The molecule has 1 amide bonds. The highest BCUT2D eigenvalue weighted by atomic mass is 16.5. The van der Waals surface area contributed by atoms with Gasteiger partial charge in [0.15, 0.2) is 11.5 Å². The lowest BCUT2D eigenvalue weighted by Crippen LogP contribution is -2.26. The summed E-state index contributed by atoms with van der Waals surface area (Å²) in [4.78, 5) is 24.7. The van der Waals surface area contributed by atoms with Gasteiger partial charge in [-0.1, -0.05) is 39.0 Å². The fourth-order valence-corrected chi connectivity index (χ4v) is 3.13. The number of carbonyl (C=O) groups is 2. The minimum absolute atomic E-state index is 0.0573. The Labute approximate surface area is 155 Å². The summed E-state index contributed by atoms with van der Waals surface area (Å²) >= 11 is 0. The van der Waals surface area contributed by atoms with Crippen molar-refractivity contribution < 1.29 is 24.2 Å². The number of carboxylic acids is 1. The second-order valence-corrected chi connectivity index (χ2v) is 6.65. The summed E-state index contributed by atoms with van der Waals surface area (Å²) in [6, 6.07) is 3.55. The van der Waals surface area contributed by atoms with Crippen LogP contribution >= 0.6 is 0 Å². The minimum Gasteiger partial charge on any atom is -0.493 e. The molecular formula is C20H29NO5. The first-order chi connectivity index (χ1) is 12.6. The molecule has 0 aliphatic carbocycles. The van der Waals surface area contributed by atoms with E-state index in [9.17, 15) is 9.59 Å². The molecule has 144 valence electrons. The molecule has 1 aliphatic heterocycles. The molecule has 0 bridgehead atoms. The predicted octanol–water partition coefficient (Wildman–Crippen LogP) is 3.87. The van der Waals surface area contributed by atoms with E-state index in [-0.39, 0.29) is 18.9 Å². The zero-order valence-electron chi connectivity index (χ0n) is 15.8. The Morgan fingerprint density at radius 2 is 1.88 bits per heavy atom. The van der Waals surface area contributed by atoms with Crippen LogP contribution in [-0.4, -0.2) is 42.1 Å². The number of ether oxygens (including phenoxy) is 2. The zero-order valence-corrected chi connectivity index (χ0v) is 15.8. The molecule has 6 heteroatoms. The summed E-state index contributed by atoms with van der Waals surface area (Å²) in [5.41, 5.74) is 1.43. The summed E-state index contributed by atoms with van der Waals surface area (Å²) in [5, 5.41) is 8.81. The molecule has 0 fully saturated rings. The minimum atomic E-state index is -0.908. The van der Waals surface area contributed by atoms with E-state index in [0.29, 0.717) is 30.2 Å². The smallest absolute Gasteiger partial charge is 0.305 e. The number of carbonyl (C=O) groups excluding carboxylic acids is 1. The van der Waals surface area contributed by atoms with Crippen LogP contribution in [-0.2, 0) is 11.3 Å². The van der Waals surface area contributed by atoms with Gasteiger partial charge in [-0.2, -0.15) is 0 Å². The summed E-state index contributed by atoms with van der Waals surface area (Å²) in [6.45, 7) is 3.45. The lowest BCUT2D eigenvalue weighted by atomic mass is 10.1. The highest BCUT2D eigenvalue weighted by Crippen LogP contribution is 2.35. The molecule has 0 atom stereocenters. The van der Waals surface area contributed by atoms with Crippen LogP contribution in [0.15, 0.2) is 12.1 Å². The Bertz CT molecular complexity index is 629. The summed E-state index contributed by atoms with van der Waals surface area (Å²) in [6.07, 6.45) is 7.11. The standard InChI is InChI=1S/C20H29NO5/c1-3-4-5-6-7-8-11-26-18-12-15-14-21(10-9-19(22)23)20(24)16(15)13-17(18)25-2/h12-13H,3-11,14H2,1-2H3,(H,22,23). The van der Waals surface area contributed by atoms with Crippen molar-refractivity contribution in [2.24, 2.45) is 0 Å². The fraction of sp³-hybridized carbons (Fsp3) is 0.600. The van der Waals surface area contributed by atoms with Crippen molar-refractivity contribution in [2.75, 3.05) is 20.3 Å². The van der Waals surface area contributed by atoms with E-state index in [4.69, 9.17) is 14.6 Å². The molecule has 1 heterocycles. The van der Waals surface area contributed by atoms with Crippen molar-refractivity contribution in [3.05, 3.63) is 23.3 Å². The van der Waals surface area contributed by atoms with E-state index in [1.165, 1.54) is 25.7 Å². The number of hydrogen-bond donors (Lipinski definition) is 1. The van der Waals surface area contributed by atoms with Crippen LogP contribution in [0.25, 0.3) is 0 Å². The molecule has 1 aliphatic rings. The SMILES string of the molecule is CCCCCCCCOc1cc2c(cc1OC)C(=O)N(CCC(=O)O)C2. The average Bonchev–Trinajstić information content (AvgIpc) is 2.93. The quantitative estimate of drug-likeness (QED) is 0.571. The van der Waals surface area contributed by atoms with Gasteiger partial charge in [-0.15, -0.1) is 0 Å². The Hall–Kier alpha value is -2.24. The molecule has 0 saturated carbocycles. The monoisotopic (exact) mass is 363 g/mol. The van der Waals surface area contributed by atoms with E-state index < -0.39 is 5.97 Å². The van der Waals surface area contributed by atoms with E-state index in [1.54, 1.807) is 18.1 Å². The third-order valence-electron chi connectivity index (χ3n) is 4.62. The van der Waals surface area contributed by atoms with Crippen molar-refractivity contribution >= 4 is 11.9 Å². The Kier molecular flexibility index (Phi) is 7.75. The second kappa shape index (κ2) is 10.0. The number of fused-ring (bicyclic) bond motifs is 1. The van der Waals surface area contributed by atoms with Crippen molar-refractivity contribution in [1.29, 1.82) is 0 Å². The van der Waals surface area contributed by atoms with Gasteiger partial charge in [0.2, 0.25) is 0 Å². The van der Waals surface area contributed by atoms with Gasteiger partial charge in [-0.25, -0.2) is 0 Å². The van der Waals surface area contributed by atoms with Crippen LogP contribution in [0.2, 0.25) is 0 Å². The average molecular weight is 363 g/mol. The lowest BCUT2D eigenvalue weighted by molar-refractivity contribution is -0.137. The van der Waals surface area contributed by atoms with Crippen LogP contribution in [0.5, 0.6) is 11.5 Å². The first-order valence-electron chi connectivity index (χ1n) is 9.41. The van der Waals surface area contributed by atoms with Crippen molar-refractivity contribution in [2.45, 2.75) is 58.4 Å². The number of benzene rings is 1. The number of carboxylic acid groups (broad SMARTS) is 1. The second-order valence-electron chi connectivity index (χ2n) is 6.65. The molecule has 1 aromatic carbocycles. The van der Waals surface area contributed by atoms with Crippen LogP contribution in [0.1, 0.15) is 67.8 Å². The van der Waals surface area contributed by atoms with Crippen molar-refractivity contribution in [1.82, 2.24) is 4.90 Å². The van der Waals surface area contributed by atoms with E-state index in [1.807, 2.05) is 6.07 Å². The third-order valence-corrected chi connectivity index (χ3v) is 4.62. The summed E-state index contributed by atoms with van der Waals surface area (Å²) < 4.78 is 11.3. The lowest BCUT2D eigenvalue weighted by Gasteiger charge is -2.13. The zero-order chi connectivity index (χ0) is 18.9. The molecule has 0 radical (unpaired) electrons. The van der Waals surface area contributed by atoms with Crippen LogP contribution in [0, 0.1) is 0 Å². The topological polar surface area (TPSA) is 76.1 Å². The molecule has 1 N–H and O–H groups in total. The molecule has 2 rings (SSSR count). The van der Waals surface area contributed by atoms with Gasteiger partial charge in [-0.3, -0.25) is 9.59 Å². The van der Waals surface area contributed by atoms with E-state index in [0.717, 1.165) is 18.4 Å². The number of hydrogen-bond acceptors (Lipinski definition) is 4. The number of nitrogens with zero attached hydrogens (tertiary/aromatic N) is 1. The molecule has 6 nitrogen and oxygen atoms in total. The molecule has 0 saturated heterocycles. The van der Waals surface area contributed by atoms with Crippen molar-refractivity contribution in [3.8, 4) is 11.5 Å². The highest BCUT2D eigenvalue weighted by molar-refractivity contribution is 5.99. The van der Waals surface area contributed by atoms with E-state index in [2.05, 4.69) is 6.92 Å². The molecule has 1 aromatic rings. The first-order valence-corrected chi connectivity index (χ1v) is 9.41. The highest BCUT2D eigenvalue weighted by Gasteiger charge is 2.29. The Morgan fingerprint density at radius 3 is 2.58 bits per heavy atom. The number of methoxy groups -OCH3 is 1. The molecular weight excluding hydrogens is 334 g/mol. The van der Waals surface area contributed by atoms with Gasteiger partial charge in [0, 0.05) is 18.7 Å². The summed E-state index contributed by atoms with van der Waals surface area (Å²) in [7, 11) is 1.56. The number of unbranched alkanes of at least 4 members (excludes halogenated alkanes) is 5. The Morgan fingerprint density at radius 1 is 1.15 bits per heavy atom. The maximum absolute atomic E-state index is 12.4. The van der Waals surface area contributed by atoms with Gasteiger partial charge in [0.25, 0.3) is 5.91 Å². The maximum atomic E-state index is 12.4. The molecule has 0 aromatic heterocycles. The number of aliphatic carboxylic acids is 1. The number of rotatable bonds is 12. The third kappa shape index (κ3) is 5.38. The van der Waals surface area contributed by atoms with E-state index >= 15 is 0 Å². The van der Waals surface area contributed by atoms with Gasteiger partial charge in [0.1, 0.15) is 0 Å². The van der Waals surface area contributed by atoms with Crippen molar-refractivity contribution in [3.63, 3.8) is 0 Å². The van der Waals surface area contributed by atoms with Crippen LogP contribution in [0.3, 0.4) is 0 Å². The Balaban J connectivity index is 1.93. The summed E-state index contributed by atoms with van der Waals surface area (Å²) in [5.74, 6) is 0.132. The largest absolute Gasteiger partial charge is 0.493 e. The molecule has 26 heavy (non-hydrogen) atoms. The normalized spacial score (nSPS) is 13.0. The molecule has 0 unspecified atom stereocenters. The fourth-order valence-electron chi connectivity index (χ4n) is 3.13. The first kappa shape index (κ1) is 20.1. The van der Waals surface area contributed by atoms with Gasteiger partial charge in [0.05, 0.1) is 20.1 Å².